The standard InChI is InChI=1S/C15H22O4/c1-7-15(18-10(2)16)9-11(13(3,4)17-6)8-12-14(15,5)19-12/h1,11-12H,8-9H2,2-6H3/t11-,12-,14-,15-/m0/s1. The van der Waals surface area contributed by atoms with Crippen molar-refractivity contribution in [1.29, 1.82) is 0 Å². The van der Waals surface area contributed by atoms with Gasteiger partial charge in [-0.1, -0.05) is 5.92 Å². The number of hydrogen-bond acceptors (Lipinski definition) is 4. The van der Waals surface area contributed by atoms with Gasteiger partial charge in [-0.3, -0.25) is 4.79 Å². The van der Waals surface area contributed by atoms with Gasteiger partial charge < -0.3 is 14.2 Å². The summed E-state index contributed by atoms with van der Waals surface area (Å²) >= 11 is 0. The minimum Gasteiger partial charge on any atom is -0.443 e. The van der Waals surface area contributed by atoms with Gasteiger partial charge in [0, 0.05) is 20.5 Å². The molecule has 106 valence electrons. The summed E-state index contributed by atoms with van der Waals surface area (Å²) in [6.45, 7) is 7.36. The number of carbonyl (C=O) groups is 1. The molecule has 0 bridgehead atoms. The average molecular weight is 266 g/mol. The maximum Gasteiger partial charge on any atom is 0.304 e. The first-order chi connectivity index (χ1) is 8.71. The van der Waals surface area contributed by atoms with E-state index >= 15 is 0 Å². The fraction of sp³-hybridized carbons (Fsp3) is 0.800. The summed E-state index contributed by atoms with van der Waals surface area (Å²) in [5.41, 5.74) is -1.86. The first-order valence-electron chi connectivity index (χ1n) is 6.61. The summed E-state index contributed by atoms with van der Waals surface area (Å²) in [6.07, 6.45) is 7.17. The fourth-order valence-corrected chi connectivity index (χ4v) is 3.10. The Labute approximate surface area is 114 Å². The van der Waals surface area contributed by atoms with Crippen molar-refractivity contribution < 1.29 is 19.0 Å². The van der Waals surface area contributed by atoms with Crippen LogP contribution in [0.4, 0.5) is 0 Å². The maximum absolute atomic E-state index is 11.4. The Morgan fingerprint density at radius 3 is 2.63 bits per heavy atom. The number of ether oxygens (including phenoxy) is 3. The van der Waals surface area contributed by atoms with Crippen LogP contribution in [-0.2, 0) is 19.0 Å². The van der Waals surface area contributed by atoms with Crippen molar-refractivity contribution in [3.8, 4) is 12.3 Å². The van der Waals surface area contributed by atoms with E-state index in [1.54, 1.807) is 7.11 Å². The molecular weight excluding hydrogens is 244 g/mol. The normalized spacial score (nSPS) is 41.1. The van der Waals surface area contributed by atoms with Gasteiger partial charge in [0.15, 0.2) is 0 Å². The van der Waals surface area contributed by atoms with Crippen LogP contribution < -0.4 is 0 Å². The molecule has 0 spiro atoms. The van der Waals surface area contributed by atoms with Gasteiger partial charge in [0.05, 0.1) is 11.7 Å². The van der Waals surface area contributed by atoms with E-state index in [4.69, 9.17) is 20.6 Å². The van der Waals surface area contributed by atoms with Crippen molar-refractivity contribution >= 4 is 5.97 Å². The van der Waals surface area contributed by atoms with Gasteiger partial charge in [0.25, 0.3) is 0 Å². The average Bonchev–Trinajstić information content (AvgIpc) is 3.00. The van der Waals surface area contributed by atoms with Crippen molar-refractivity contribution in [2.75, 3.05) is 7.11 Å². The van der Waals surface area contributed by atoms with Crippen LogP contribution in [0, 0.1) is 18.3 Å². The largest absolute Gasteiger partial charge is 0.443 e. The predicted octanol–water partition coefficient (Wildman–Crippen LogP) is 1.91. The highest BCUT2D eigenvalue weighted by molar-refractivity contribution is 5.67. The lowest BCUT2D eigenvalue weighted by atomic mass is 9.67. The van der Waals surface area contributed by atoms with E-state index in [1.807, 2.05) is 20.8 Å². The fourth-order valence-electron chi connectivity index (χ4n) is 3.10. The number of epoxide rings is 1. The highest BCUT2D eigenvalue weighted by Gasteiger charge is 2.72. The zero-order valence-electron chi connectivity index (χ0n) is 12.3. The quantitative estimate of drug-likeness (QED) is 0.445. The third kappa shape index (κ3) is 2.05. The van der Waals surface area contributed by atoms with Crippen LogP contribution in [-0.4, -0.2) is 36.0 Å². The highest BCUT2D eigenvalue weighted by atomic mass is 16.7. The lowest BCUT2D eigenvalue weighted by Gasteiger charge is -2.43. The first-order valence-corrected chi connectivity index (χ1v) is 6.61. The molecular formula is C15H22O4. The monoisotopic (exact) mass is 266 g/mol. The molecule has 19 heavy (non-hydrogen) atoms. The van der Waals surface area contributed by atoms with Crippen molar-refractivity contribution in [3.63, 3.8) is 0 Å². The van der Waals surface area contributed by atoms with Gasteiger partial charge in [-0.25, -0.2) is 0 Å². The molecule has 0 unspecified atom stereocenters. The first kappa shape index (κ1) is 14.4. The second-order valence-corrected chi connectivity index (χ2v) is 6.22. The summed E-state index contributed by atoms with van der Waals surface area (Å²) in [4.78, 5) is 11.4. The van der Waals surface area contributed by atoms with E-state index in [0.717, 1.165) is 6.42 Å². The van der Waals surface area contributed by atoms with Crippen LogP contribution in [0.5, 0.6) is 0 Å². The molecule has 1 aliphatic carbocycles. The Balaban J connectivity index is 2.31. The Kier molecular flexibility index (Phi) is 3.19. The molecule has 4 nitrogen and oxygen atoms in total. The van der Waals surface area contributed by atoms with E-state index in [0.29, 0.717) is 6.42 Å². The molecule has 0 radical (unpaired) electrons. The van der Waals surface area contributed by atoms with Crippen LogP contribution in [0.25, 0.3) is 0 Å². The Hall–Kier alpha value is -1.05. The Bertz CT molecular complexity index is 436. The topological polar surface area (TPSA) is 48.1 Å². The summed E-state index contributed by atoms with van der Waals surface area (Å²) in [7, 11) is 1.69. The number of methoxy groups -OCH3 is 1. The summed E-state index contributed by atoms with van der Waals surface area (Å²) < 4.78 is 16.8. The van der Waals surface area contributed by atoms with Crippen molar-refractivity contribution in [2.45, 2.75) is 63.4 Å². The molecule has 1 aliphatic heterocycles. The van der Waals surface area contributed by atoms with Crippen LogP contribution in [0.15, 0.2) is 0 Å². The molecule has 1 saturated carbocycles. The van der Waals surface area contributed by atoms with Gasteiger partial charge in [-0.2, -0.15) is 0 Å². The molecule has 0 aromatic carbocycles. The van der Waals surface area contributed by atoms with Crippen molar-refractivity contribution in [3.05, 3.63) is 0 Å². The van der Waals surface area contributed by atoms with Crippen LogP contribution in [0.2, 0.25) is 0 Å². The number of carbonyl (C=O) groups excluding carboxylic acids is 1. The lowest BCUT2D eigenvalue weighted by molar-refractivity contribution is -0.163. The molecule has 2 fully saturated rings. The minimum atomic E-state index is -0.984. The molecule has 4 heteroatoms. The van der Waals surface area contributed by atoms with Crippen LogP contribution in [0.1, 0.15) is 40.5 Å². The van der Waals surface area contributed by atoms with E-state index in [2.05, 4.69) is 5.92 Å². The number of terminal acetylenes is 1. The van der Waals surface area contributed by atoms with Crippen molar-refractivity contribution in [2.24, 2.45) is 5.92 Å². The molecule has 4 atom stereocenters. The van der Waals surface area contributed by atoms with Crippen LogP contribution >= 0.6 is 0 Å². The zero-order valence-corrected chi connectivity index (χ0v) is 12.3. The van der Waals surface area contributed by atoms with E-state index in [-0.39, 0.29) is 23.6 Å². The summed E-state index contributed by atoms with van der Waals surface area (Å²) in [5.74, 6) is 2.50. The molecule has 0 amide bonds. The summed E-state index contributed by atoms with van der Waals surface area (Å²) in [5, 5.41) is 0. The third-order valence-corrected chi connectivity index (χ3v) is 4.84. The zero-order chi connectivity index (χ0) is 14.5. The van der Waals surface area contributed by atoms with Crippen LogP contribution in [0.3, 0.4) is 0 Å². The minimum absolute atomic E-state index is 0.0380. The second-order valence-electron chi connectivity index (χ2n) is 6.22. The lowest BCUT2D eigenvalue weighted by Crippen LogP contribution is -2.55. The Morgan fingerprint density at radius 1 is 1.53 bits per heavy atom. The molecule has 0 aromatic rings. The third-order valence-electron chi connectivity index (χ3n) is 4.84. The molecule has 1 saturated heterocycles. The number of esters is 1. The SMILES string of the molecule is C#C[C@]1(OC(C)=O)C[C@@H](C(C)(C)OC)C[C@@H]2O[C@@]21C. The molecule has 2 rings (SSSR count). The molecule has 2 aliphatic rings. The second kappa shape index (κ2) is 4.22. The summed E-state index contributed by atoms with van der Waals surface area (Å²) in [6, 6.07) is 0. The van der Waals surface area contributed by atoms with Gasteiger partial charge in [0.2, 0.25) is 5.60 Å². The van der Waals surface area contributed by atoms with Crippen molar-refractivity contribution in [1.82, 2.24) is 0 Å². The van der Waals surface area contributed by atoms with Gasteiger partial charge >= 0.3 is 5.97 Å². The smallest absolute Gasteiger partial charge is 0.304 e. The highest BCUT2D eigenvalue weighted by Crippen LogP contribution is 2.58. The van der Waals surface area contributed by atoms with E-state index < -0.39 is 11.2 Å². The molecule has 0 N–H and O–H groups in total. The van der Waals surface area contributed by atoms with Gasteiger partial charge in [-0.15, -0.1) is 6.42 Å². The van der Waals surface area contributed by atoms with E-state index in [1.165, 1.54) is 6.92 Å². The van der Waals surface area contributed by atoms with Gasteiger partial charge in [0.1, 0.15) is 5.60 Å². The molecule has 0 aromatic heterocycles. The number of rotatable bonds is 3. The number of fused-ring (bicyclic) bond motifs is 1. The predicted molar refractivity (Wildman–Crippen MR) is 70.4 cm³/mol. The molecule has 1 heterocycles. The Morgan fingerprint density at radius 2 is 2.16 bits per heavy atom. The maximum atomic E-state index is 11.4. The van der Waals surface area contributed by atoms with E-state index in [9.17, 15) is 4.79 Å². The number of hydrogen-bond donors (Lipinski definition) is 0. The van der Waals surface area contributed by atoms with Gasteiger partial charge in [-0.05, 0) is 33.1 Å².